The molecular formula is C11H13ClFNO2S. The Morgan fingerprint density at radius 3 is 2.94 bits per heavy atom. The molecule has 1 unspecified atom stereocenters. The first-order valence-corrected chi connectivity index (χ1v) is 6.43. The summed E-state index contributed by atoms with van der Waals surface area (Å²) in [4.78, 5) is 11.0. The Labute approximate surface area is 108 Å². The Morgan fingerprint density at radius 1 is 1.65 bits per heavy atom. The number of carbonyl (C=O) groups is 1. The number of hydrogen-bond donors (Lipinski definition) is 1. The molecule has 1 atom stereocenters. The second-order valence-electron chi connectivity index (χ2n) is 3.38. The molecule has 0 saturated heterocycles. The van der Waals surface area contributed by atoms with Crippen LogP contribution in [0.4, 0.5) is 4.39 Å². The van der Waals surface area contributed by atoms with Crippen LogP contribution in [-0.4, -0.2) is 24.9 Å². The fourth-order valence-corrected chi connectivity index (χ4v) is 2.45. The van der Waals surface area contributed by atoms with E-state index in [-0.39, 0.29) is 5.82 Å². The molecule has 0 aromatic heterocycles. The number of ether oxygens (including phenoxy) is 1. The zero-order valence-electron chi connectivity index (χ0n) is 9.28. The predicted molar refractivity (Wildman–Crippen MR) is 67.6 cm³/mol. The maximum Gasteiger partial charge on any atom is 0.323 e. The number of esters is 1. The first-order chi connectivity index (χ1) is 8.04. The summed E-state index contributed by atoms with van der Waals surface area (Å²) < 4.78 is 17.3. The van der Waals surface area contributed by atoms with E-state index in [1.807, 2.05) is 0 Å². The Hall–Kier alpha value is -0.780. The number of thioether (sulfide) groups is 1. The number of halogens is 2. The van der Waals surface area contributed by atoms with Gasteiger partial charge >= 0.3 is 5.97 Å². The summed E-state index contributed by atoms with van der Waals surface area (Å²) in [5.41, 5.74) is 6.38. The summed E-state index contributed by atoms with van der Waals surface area (Å²) in [6.45, 7) is 0. The van der Waals surface area contributed by atoms with Crippen molar-refractivity contribution in [3.8, 4) is 0 Å². The van der Waals surface area contributed by atoms with Crippen molar-refractivity contribution in [3.63, 3.8) is 0 Å². The average Bonchev–Trinajstić information content (AvgIpc) is 2.30. The number of benzene rings is 1. The highest BCUT2D eigenvalue weighted by molar-refractivity contribution is 7.98. The SMILES string of the molecule is COC(=O)C(N)CSCc1ccc(F)cc1Cl. The molecule has 0 heterocycles. The van der Waals surface area contributed by atoms with Gasteiger partial charge in [0.05, 0.1) is 7.11 Å². The third-order valence-corrected chi connectivity index (χ3v) is 3.54. The van der Waals surface area contributed by atoms with E-state index in [9.17, 15) is 9.18 Å². The molecule has 3 nitrogen and oxygen atoms in total. The first-order valence-electron chi connectivity index (χ1n) is 4.89. The standard InChI is InChI=1S/C11H13ClFNO2S/c1-16-11(15)10(14)6-17-5-7-2-3-8(13)4-9(7)12/h2-4,10H,5-6,14H2,1H3. The lowest BCUT2D eigenvalue weighted by atomic mass is 10.2. The molecule has 1 rings (SSSR count). The van der Waals surface area contributed by atoms with Gasteiger partial charge in [0.15, 0.2) is 0 Å². The van der Waals surface area contributed by atoms with Crippen LogP contribution >= 0.6 is 23.4 Å². The highest BCUT2D eigenvalue weighted by Crippen LogP contribution is 2.22. The molecular weight excluding hydrogens is 265 g/mol. The molecule has 17 heavy (non-hydrogen) atoms. The normalized spacial score (nSPS) is 12.2. The third-order valence-electron chi connectivity index (χ3n) is 2.07. The second-order valence-corrected chi connectivity index (χ2v) is 4.82. The molecule has 0 bridgehead atoms. The van der Waals surface area contributed by atoms with E-state index in [4.69, 9.17) is 17.3 Å². The van der Waals surface area contributed by atoms with Crippen molar-refractivity contribution in [1.29, 1.82) is 0 Å². The highest BCUT2D eigenvalue weighted by Gasteiger charge is 2.13. The fourth-order valence-electron chi connectivity index (χ4n) is 1.15. The molecule has 0 spiro atoms. The largest absolute Gasteiger partial charge is 0.468 e. The summed E-state index contributed by atoms with van der Waals surface area (Å²) >= 11 is 7.30. The molecule has 6 heteroatoms. The molecule has 0 amide bonds. The number of rotatable bonds is 5. The van der Waals surface area contributed by atoms with Crippen LogP contribution in [0.25, 0.3) is 0 Å². The van der Waals surface area contributed by atoms with Gasteiger partial charge in [-0.15, -0.1) is 0 Å². The van der Waals surface area contributed by atoms with Gasteiger partial charge in [-0.25, -0.2) is 4.39 Å². The van der Waals surface area contributed by atoms with Crippen LogP contribution in [0.15, 0.2) is 18.2 Å². The van der Waals surface area contributed by atoms with Crippen molar-refractivity contribution >= 4 is 29.3 Å². The maximum atomic E-state index is 12.8. The first kappa shape index (κ1) is 14.3. The topological polar surface area (TPSA) is 52.3 Å². The lowest BCUT2D eigenvalue weighted by Gasteiger charge is -2.09. The minimum atomic E-state index is -0.649. The molecule has 0 radical (unpaired) electrons. The molecule has 1 aromatic rings. The zero-order chi connectivity index (χ0) is 12.8. The molecule has 0 saturated carbocycles. The van der Waals surface area contributed by atoms with Gasteiger partial charge in [-0.2, -0.15) is 11.8 Å². The van der Waals surface area contributed by atoms with Crippen LogP contribution in [0.5, 0.6) is 0 Å². The smallest absolute Gasteiger partial charge is 0.323 e. The number of hydrogen-bond acceptors (Lipinski definition) is 4. The van der Waals surface area contributed by atoms with E-state index in [1.54, 1.807) is 6.07 Å². The van der Waals surface area contributed by atoms with Crippen LogP contribution < -0.4 is 5.73 Å². The van der Waals surface area contributed by atoms with Crippen LogP contribution in [0, 0.1) is 5.82 Å². The van der Waals surface area contributed by atoms with Crippen molar-refractivity contribution in [2.45, 2.75) is 11.8 Å². The van der Waals surface area contributed by atoms with Gasteiger partial charge in [0.1, 0.15) is 11.9 Å². The van der Waals surface area contributed by atoms with E-state index in [2.05, 4.69) is 4.74 Å². The summed E-state index contributed by atoms with van der Waals surface area (Å²) in [7, 11) is 1.30. The Balaban J connectivity index is 2.43. The quantitative estimate of drug-likeness (QED) is 0.839. The minimum Gasteiger partial charge on any atom is -0.468 e. The van der Waals surface area contributed by atoms with Gasteiger partial charge in [-0.1, -0.05) is 17.7 Å². The van der Waals surface area contributed by atoms with E-state index in [0.717, 1.165) is 5.56 Å². The summed E-state index contributed by atoms with van der Waals surface area (Å²) in [5, 5.41) is 0.379. The van der Waals surface area contributed by atoms with Crippen molar-refractivity contribution in [2.24, 2.45) is 5.73 Å². The molecule has 0 aliphatic rings. The second kappa shape index (κ2) is 6.83. The average molecular weight is 278 g/mol. The Bertz CT molecular complexity index is 403. The van der Waals surface area contributed by atoms with Gasteiger partial charge in [0, 0.05) is 16.5 Å². The molecule has 0 aliphatic carbocycles. The summed E-state index contributed by atoms with van der Waals surface area (Å²) in [6, 6.07) is 3.58. The van der Waals surface area contributed by atoms with Crippen LogP contribution in [0.1, 0.15) is 5.56 Å². The Kier molecular flexibility index (Phi) is 5.74. The van der Waals surface area contributed by atoms with Gasteiger partial charge < -0.3 is 10.5 Å². The molecule has 0 fully saturated rings. The van der Waals surface area contributed by atoms with Crippen LogP contribution in [0.2, 0.25) is 5.02 Å². The molecule has 2 N–H and O–H groups in total. The van der Waals surface area contributed by atoms with Gasteiger partial charge in [-0.05, 0) is 17.7 Å². The Morgan fingerprint density at radius 2 is 2.35 bits per heavy atom. The van der Waals surface area contributed by atoms with Crippen LogP contribution in [-0.2, 0) is 15.3 Å². The fraction of sp³-hybridized carbons (Fsp3) is 0.364. The third kappa shape index (κ3) is 4.53. The van der Waals surface area contributed by atoms with Crippen molar-refractivity contribution in [3.05, 3.63) is 34.6 Å². The maximum absolute atomic E-state index is 12.8. The van der Waals surface area contributed by atoms with E-state index in [1.165, 1.54) is 31.0 Å². The monoisotopic (exact) mass is 277 g/mol. The van der Waals surface area contributed by atoms with E-state index >= 15 is 0 Å². The predicted octanol–water partition coefficient (Wildman–Crippen LogP) is 2.21. The molecule has 1 aromatic carbocycles. The summed E-state index contributed by atoms with van der Waals surface area (Å²) in [5.74, 6) is 0.196. The van der Waals surface area contributed by atoms with Gasteiger partial charge in [-0.3, -0.25) is 4.79 Å². The van der Waals surface area contributed by atoms with E-state index < -0.39 is 12.0 Å². The van der Waals surface area contributed by atoms with Crippen molar-refractivity contribution < 1.29 is 13.9 Å². The van der Waals surface area contributed by atoms with Gasteiger partial charge in [0.2, 0.25) is 0 Å². The number of nitrogens with two attached hydrogens (primary N) is 1. The molecule has 0 aliphatic heterocycles. The summed E-state index contributed by atoms with van der Waals surface area (Å²) in [6.07, 6.45) is 0. The van der Waals surface area contributed by atoms with Crippen molar-refractivity contribution in [1.82, 2.24) is 0 Å². The lowest BCUT2D eigenvalue weighted by molar-refractivity contribution is -0.141. The highest BCUT2D eigenvalue weighted by atomic mass is 35.5. The number of methoxy groups -OCH3 is 1. The number of carbonyl (C=O) groups excluding carboxylic acids is 1. The lowest BCUT2D eigenvalue weighted by Crippen LogP contribution is -2.33. The molecule has 94 valence electrons. The van der Waals surface area contributed by atoms with Crippen LogP contribution in [0.3, 0.4) is 0 Å². The minimum absolute atomic E-state index is 0.366. The van der Waals surface area contributed by atoms with Crippen molar-refractivity contribution in [2.75, 3.05) is 12.9 Å². The van der Waals surface area contributed by atoms with Gasteiger partial charge in [0.25, 0.3) is 0 Å². The van der Waals surface area contributed by atoms with E-state index in [0.29, 0.717) is 16.5 Å². The zero-order valence-corrected chi connectivity index (χ0v) is 10.9.